The van der Waals surface area contributed by atoms with E-state index in [4.69, 9.17) is 27.9 Å². The lowest BCUT2D eigenvalue weighted by Crippen LogP contribution is -2.32. The number of para-hydroxylation sites is 1. The maximum Gasteiger partial charge on any atom is 0.262 e. The molecule has 35 heavy (non-hydrogen) atoms. The Labute approximate surface area is 216 Å². The number of aromatic nitrogens is 1. The summed E-state index contributed by atoms with van der Waals surface area (Å²) in [6, 6.07) is 17.4. The number of rotatable bonds is 4. The highest BCUT2D eigenvalue weighted by Crippen LogP contribution is 2.38. The number of hydrogen-bond donors (Lipinski definition) is 1. The number of ether oxygens (including phenoxy) is 1. The number of halogens is 2. The van der Waals surface area contributed by atoms with Crippen LogP contribution in [0.1, 0.15) is 25.6 Å². The van der Waals surface area contributed by atoms with Crippen molar-refractivity contribution in [3.63, 3.8) is 0 Å². The normalized spacial score (nSPS) is 12.4. The number of amides is 2. The first-order chi connectivity index (χ1) is 17.0. The molecule has 2 heterocycles. The minimum absolute atomic E-state index is 0.192. The van der Waals surface area contributed by atoms with E-state index in [1.807, 2.05) is 29.8 Å². The average Bonchev–Trinajstić information content (AvgIpc) is 3.26. The number of nitrogens with zero attached hydrogens (tertiary/aromatic N) is 2. The number of anilines is 2. The number of hydrogen-bond acceptors (Lipinski definition) is 5. The third-order valence-electron chi connectivity index (χ3n) is 5.76. The van der Waals surface area contributed by atoms with Gasteiger partial charge in [-0.3, -0.25) is 9.59 Å². The Morgan fingerprint density at radius 2 is 1.86 bits per heavy atom. The van der Waals surface area contributed by atoms with Crippen LogP contribution in [0, 0.1) is 0 Å². The molecule has 0 saturated carbocycles. The fourth-order valence-corrected chi connectivity index (χ4v) is 5.35. The van der Waals surface area contributed by atoms with Crippen molar-refractivity contribution < 1.29 is 14.3 Å². The van der Waals surface area contributed by atoms with E-state index in [1.165, 1.54) is 13.2 Å². The number of methoxy groups -OCH3 is 1. The zero-order valence-corrected chi connectivity index (χ0v) is 20.9. The van der Waals surface area contributed by atoms with E-state index in [1.54, 1.807) is 46.6 Å². The van der Waals surface area contributed by atoms with Crippen LogP contribution in [-0.2, 0) is 6.42 Å². The Morgan fingerprint density at radius 3 is 2.66 bits per heavy atom. The Morgan fingerprint density at radius 1 is 1.06 bits per heavy atom. The van der Waals surface area contributed by atoms with Gasteiger partial charge >= 0.3 is 0 Å². The molecule has 1 aromatic heterocycles. The Kier molecular flexibility index (Phi) is 6.47. The Hall–Kier alpha value is -3.39. The molecular weight excluding hydrogens is 505 g/mol. The first-order valence-corrected chi connectivity index (χ1v) is 12.4. The molecule has 4 aromatic rings. The predicted molar refractivity (Wildman–Crippen MR) is 140 cm³/mol. The molecule has 0 spiro atoms. The van der Waals surface area contributed by atoms with Gasteiger partial charge in [-0.1, -0.05) is 41.4 Å². The number of carbonyl (C=O) groups is 2. The van der Waals surface area contributed by atoms with Crippen LogP contribution >= 0.6 is 34.5 Å². The summed E-state index contributed by atoms with van der Waals surface area (Å²) in [4.78, 5) is 33.9. The summed E-state index contributed by atoms with van der Waals surface area (Å²) >= 11 is 13.7. The highest BCUT2D eigenvalue weighted by molar-refractivity contribution is 7.10. The first kappa shape index (κ1) is 23.4. The molecule has 0 aliphatic carbocycles. The number of benzene rings is 3. The van der Waals surface area contributed by atoms with E-state index in [-0.39, 0.29) is 16.5 Å². The van der Waals surface area contributed by atoms with Gasteiger partial charge in [0.1, 0.15) is 5.75 Å². The zero-order chi connectivity index (χ0) is 24.5. The smallest absolute Gasteiger partial charge is 0.262 e. The number of thiazole rings is 1. The number of nitrogens with one attached hydrogen (secondary N) is 1. The highest BCUT2D eigenvalue weighted by atomic mass is 35.5. The third kappa shape index (κ3) is 4.50. The minimum atomic E-state index is -0.395. The van der Waals surface area contributed by atoms with E-state index in [9.17, 15) is 9.59 Å². The molecule has 0 radical (unpaired) electrons. The molecule has 176 valence electrons. The molecule has 6 nitrogen and oxygen atoms in total. The predicted octanol–water partition coefficient (Wildman–Crippen LogP) is 6.58. The van der Waals surface area contributed by atoms with Gasteiger partial charge in [0, 0.05) is 40.2 Å². The molecule has 1 N–H and O–H groups in total. The van der Waals surface area contributed by atoms with Gasteiger partial charge < -0.3 is 15.0 Å². The monoisotopic (exact) mass is 523 g/mol. The van der Waals surface area contributed by atoms with Crippen LogP contribution in [-0.4, -0.2) is 30.5 Å². The number of fused-ring (bicyclic) bond motifs is 3. The van der Waals surface area contributed by atoms with Crippen molar-refractivity contribution in [2.75, 3.05) is 23.9 Å². The SMILES string of the molecule is COc1cc(NC(=O)c2ccc(Cl)cc2Cl)ccc1C(=O)N1CCc2scnc2-c2ccccc21. The maximum absolute atomic E-state index is 13.7. The van der Waals surface area contributed by atoms with Crippen molar-refractivity contribution in [3.8, 4) is 17.0 Å². The summed E-state index contributed by atoms with van der Waals surface area (Å²) in [5.74, 6) is -0.236. The summed E-state index contributed by atoms with van der Waals surface area (Å²) in [6.07, 6.45) is 0.707. The largest absolute Gasteiger partial charge is 0.496 e. The zero-order valence-electron chi connectivity index (χ0n) is 18.5. The van der Waals surface area contributed by atoms with Gasteiger partial charge in [-0.2, -0.15) is 0 Å². The van der Waals surface area contributed by atoms with Crippen LogP contribution in [0.15, 0.2) is 66.2 Å². The molecule has 0 fully saturated rings. The van der Waals surface area contributed by atoms with E-state index in [0.29, 0.717) is 35.0 Å². The van der Waals surface area contributed by atoms with Crippen LogP contribution in [0.3, 0.4) is 0 Å². The van der Waals surface area contributed by atoms with Crippen molar-refractivity contribution in [1.29, 1.82) is 0 Å². The molecule has 2 amide bonds. The molecule has 5 rings (SSSR count). The lowest BCUT2D eigenvalue weighted by atomic mass is 10.1. The second-order valence-corrected chi connectivity index (χ2v) is 9.62. The van der Waals surface area contributed by atoms with Crippen molar-refractivity contribution in [2.24, 2.45) is 0 Å². The van der Waals surface area contributed by atoms with Gasteiger partial charge in [-0.15, -0.1) is 11.3 Å². The molecule has 1 aliphatic heterocycles. The van der Waals surface area contributed by atoms with Crippen molar-refractivity contribution in [2.45, 2.75) is 6.42 Å². The fraction of sp³-hybridized carbons (Fsp3) is 0.115. The topological polar surface area (TPSA) is 71.5 Å². The Bertz CT molecular complexity index is 1450. The second-order valence-electron chi connectivity index (χ2n) is 7.84. The van der Waals surface area contributed by atoms with Crippen molar-refractivity contribution in [1.82, 2.24) is 4.98 Å². The van der Waals surface area contributed by atoms with Crippen LogP contribution < -0.4 is 15.0 Å². The van der Waals surface area contributed by atoms with E-state index < -0.39 is 5.91 Å². The van der Waals surface area contributed by atoms with Gasteiger partial charge in [0.2, 0.25) is 0 Å². The van der Waals surface area contributed by atoms with Crippen LogP contribution in [0.25, 0.3) is 11.3 Å². The van der Waals surface area contributed by atoms with Crippen molar-refractivity contribution >= 4 is 57.7 Å². The summed E-state index contributed by atoms with van der Waals surface area (Å²) in [7, 11) is 1.49. The Balaban J connectivity index is 1.44. The lowest BCUT2D eigenvalue weighted by Gasteiger charge is -2.24. The molecule has 0 unspecified atom stereocenters. The van der Waals surface area contributed by atoms with Gasteiger partial charge in [0.15, 0.2) is 0 Å². The first-order valence-electron chi connectivity index (χ1n) is 10.7. The van der Waals surface area contributed by atoms with Crippen molar-refractivity contribution in [3.05, 3.63) is 92.2 Å². The molecule has 0 saturated heterocycles. The average molecular weight is 524 g/mol. The van der Waals surface area contributed by atoms with E-state index >= 15 is 0 Å². The van der Waals surface area contributed by atoms with Gasteiger partial charge in [-0.05, 0) is 36.4 Å². The molecule has 3 aromatic carbocycles. The summed E-state index contributed by atoms with van der Waals surface area (Å²) in [6.45, 7) is 0.516. The summed E-state index contributed by atoms with van der Waals surface area (Å²) < 4.78 is 5.54. The molecule has 0 atom stereocenters. The standard InChI is InChI=1S/C26H19Cl2N3O3S/c1-34-22-13-16(30-25(32)17-8-6-15(27)12-20(17)28)7-9-19(22)26(33)31-11-10-23-24(29-14-35-23)18-4-2-3-5-21(18)31/h2-9,12-14H,10-11H2,1H3,(H,30,32). The molecule has 9 heteroatoms. The van der Waals surface area contributed by atoms with Gasteiger partial charge in [0.05, 0.1) is 40.2 Å². The van der Waals surface area contributed by atoms with Crippen LogP contribution in [0.4, 0.5) is 11.4 Å². The maximum atomic E-state index is 13.7. The van der Waals surface area contributed by atoms with Gasteiger partial charge in [0.25, 0.3) is 11.8 Å². The van der Waals surface area contributed by atoms with E-state index in [0.717, 1.165) is 21.8 Å². The third-order valence-corrected chi connectivity index (χ3v) is 7.20. The molecular formula is C26H19Cl2N3O3S. The fourth-order valence-electron chi connectivity index (χ4n) is 4.08. The molecule has 1 aliphatic rings. The summed E-state index contributed by atoms with van der Waals surface area (Å²) in [5.41, 5.74) is 5.65. The summed E-state index contributed by atoms with van der Waals surface area (Å²) in [5, 5.41) is 3.48. The van der Waals surface area contributed by atoms with E-state index in [2.05, 4.69) is 10.3 Å². The lowest BCUT2D eigenvalue weighted by molar-refractivity contribution is 0.0983. The molecule has 0 bridgehead atoms. The second kappa shape index (κ2) is 9.70. The highest BCUT2D eigenvalue weighted by Gasteiger charge is 2.28. The van der Waals surface area contributed by atoms with Gasteiger partial charge in [-0.25, -0.2) is 4.98 Å². The van der Waals surface area contributed by atoms with Crippen LogP contribution in [0.2, 0.25) is 10.0 Å². The van der Waals surface area contributed by atoms with Crippen LogP contribution in [0.5, 0.6) is 5.75 Å². The number of carbonyl (C=O) groups excluding carboxylic acids is 2. The quantitative estimate of drug-likeness (QED) is 0.327. The minimum Gasteiger partial charge on any atom is -0.496 e.